The van der Waals surface area contributed by atoms with E-state index in [4.69, 9.17) is 10.8 Å². The minimum atomic E-state index is -1.12. The minimum Gasteiger partial charge on any atom is -0.481 e. The van der Waals surface area contributed by atoms with Gasteiger partial charge >= 0.3 is 5.97 Å². The number of carboxylic acids is 1. The predicted octanol–water partition coefficient (Wildman–Crippen LogP) is -0.817. The highest BCUT2D eigenvalue weighted by Gasteiger charge is 2.44. The number of amides is 2. The fourth-order valence-electron chi connectivity index (χ4n) is 1.55. The standard InChI is InChI=1S/C9H14N2O4/c1-9(2,8(10)15)11-4-5(7(13)14)3-6(11)12/h5H,3-4H2,1-2H3,(H2,10,15)(H,13,14)/t5-/m0/s1. The highest BCUT2D eigenvalue weighted by atomic mass is 16.4. The van der Waals surface area contributed by atoms with Gasteiger partial charge in [0.25, 0.3) is 0 Å². The molecule has 0 aliphatic carbocycles. The van der Waals surface area contributed by atoms with Gasteiger partial charge in [-0.05, 0) is 13.8 Å². The third-order valence-corrected chi connectivity index (χ3v) is 2.75. The second-order valence-corrected chi connectivity index (χ2v) is 4.17. The number of rotatable bonds is 3. The molecule has 1 atom stereocenters. The van der Waals surface area contributed by atoms with Gasteiger partial charge in [-0.2, -0.15) is 0 Å². The van der Waals surface area contributed by atoms with E-state index in [1.165, 1.54) is 18.7 Å². The van der Waals surface area contributed by atoms with Crippen molar-refractivity contribution in [3.8, 4) is 0 Å². The molecule has 0 bridgehead atoms. The number of carboxylic acid groups (broad SMARTS) is 1. The molecular formula is C9H14N2O4. The van der Waals surface area contributed by atoms with E-state index >= 15 is 0 Å². The fraction of sp³-hybridized carbons (Fsp3) is 0.667. The van der Waals surface area contributed by atoms with Crippen molar-refractivity contribution < 1.29 is 19.5 Å². The van der Waals surface area contributed by atoms with Gasteiger partial charge in [-0.15, -0.1) is 0 Å². The highest BCUT2D eigenvalue weighted by molar-refractivity contribution is 5.93. The summed E-state index contributed by atoms with van der Waals surface area (Å²) in [7, 11) is 0. The van der Waals surface area contributed by atoms with Crippen LogP contribution < -0.4 is 5.73 Å². The maximum atomic E-state index is 11.5. The van der Waals surface area contributed by atoms with Crippen molar-refractivity contribution in [2.75, 3.05) is 6.54 Å². The Hall–Kier alpha value is -1.59. The topological polar surface area (TPSA) is 101 Å². The van der Waals surface area contributed by atoms with Crippen LogP contribution in [0.3, 0.4) is 0 Å². The third kappa shape index (κ3) is 1.93. The van der Waals surface area contributed by atoms with E-state index in [9.17, 15) is 14.4 Å². The van der Waals surface area contributed by atoms with Gasteiger partial charge in [-0.1, -0.05) is 0 Å². The molecular weight excluding hydrogens is 200 g/mol. The summed E-state index contributed by atoms with van der Waals surface area (Å²) < 4.78 is 0. The molecule has 1 aliphatic rings. The number of hydrogen-bond donors (Lipinski definition) is 2. The Kier molecular flexibility index (Phi) is 2.70. The summed E-state index contributed by atoms with van der Waals surface area (Å²) in [5.41, 5.74) is 4.03. The molecule has 3 N–H and O–H groups in total. The predicted molar refractivity (Wildman–Crippen MR) is 50.7 cm³/mol. The van der Waals surface area contributed by atoms with Crippen molar-refractivity contribution in [1.29, 1.82) is 0 Å². The Bertz CT molecular complexity index is 324. The Labute approximate surface area is 87.0 Å². The summed E-state index contributed by atoms with van der Waals surface area (Å²) in [6, 6.07) is 0. The molecule has 1 heterocycles. The zero-order valence-electron chi connectivity index (χ0n) is 8.69. The van der Waals surface area contributed by atoms with Gasteiger partial charge in [-0.25, -0.2) is 0 Å². The largest absolute Gasteiger partial charge is 0.481 e. The van der Waals surface area contributed by atoms with E-state index < -0.39 is 23.3 Å². The zero-order valence-corrected chi connectivity index (χ0v) is 8.69. The SMILES string of the molecule is CC(C)(C(N)=O)N1C[C@@H](C(=O)O)CC1=O. The first-order valence-corrected chi connectivity index (χ1v) is 4.60. The first kappa shape index (κ1) is 11.5. The molecule has 0 saturated carbocycles. The summed E-state index contributed by atoms with van der Waals surface area (Å²) in [4.78, 5) is 34.5. The number of nitrogens with zero attached hydrogens (tertiary/aromatic N) is 1. The van der Waals surface area contributed by atoms with Crippen LogP contribution in [0.4, 0.5) is 0 Å². The molecule has 1 aliphatic heterocycles. The first-order valence-electron chi connectivity index (χ1n) is 4.60. The normalized spacial score (nSPS) is 21.9. The lowest BCUT2D eigenvalue weighted by Crippen LogP contribution is -2.54. The van der Waals surface area contributed by atoms with E-state index in [0.29, 0.717) is 0 Å². The highest BCUT2D eigenvalue weighted by Crippen LogP contribution is 2.25. The molecule has 1 fully saturated rings. The molecule has 1 rings (SSSR count). The summed E-state index contributed by atoms with van der Waals surface area (Å²) in [5.74, 6) is -2.74. The average molecular weight is 214 g/mol. The second kappa shape index (κ2) is 3.52. The summed E-state index contributed by atoms with van der Waals surface area (Å²) in [6.45, 7) is 3.07. The molecule has 0 aromatic rings. The summed E-state index contributed by atoms with van der Waals surface area (Å²) >= 11 is 0. The zero-order chi connectivity index (χ0) is 11.8. The Morgan fingerprint density at radius 3 is 2.40 bits per heavy atom. The van der Waals surface area contributed by atoms with Gasteiger partial charge in [0.05, 0.1) is 5.92 Å². The molecule has 2 amide bonds. The molecule has 0 radical (unpaired) electrons. The maximum absolute atomic E-state index is 11.5. The smallest absolute Gasteiger partial charge is 0.308 e. The van der Waals surface area contributed by atoms with Crippen molar-refractivity contribution in [2.45, 2.75) is 25.8 Å². The van der Waals surface area contributed by atoms with Crippen LogP contribution in [0.2, 0.25) is 0 Å². The molecule has 0 aromatic heterocycles. The summed E-state index contributed by atoms with van der Waals surface area (Å²) in [5, 5.41) is 8.76. The van der Waals surface area contributed by atoms with Gasteiger partial charge in [0.2, 0.25) is 11.8 Å². The van der Waals surface area contributed by atoms with E-state index in [2.05, 4.69) is 0 Å². The monoisotopic (exact) mass is 214 g/mol. The van der Waals surface area contributed by atoms with Gasteiger partial charge in [0, 0.05) is 13.0 Å². The second-order valence-electron chi connectivity index (χ2n) is 4.17. The molecule has 0 spiro atoms. The minimum absolute atomic E-state index is 0.0457. The van der Waals surface area contributed by atoms with Gasteiger partial charge in [-0.3, -0.25) is 14.4 Å². The van der Waals surface area contributed by atoms with E-state index in [1.54, 1.807) is 0 Å². The van der Waals surface area contributed by atoms with Crippen molar-refractivity contribution in [1.82, 2.24) is 4.90 Å². The Balaban J connectivity index is 2.86. The van der Waals surface area contributed by atoms with E-state index in [1.807, 2.05) is 0 Å². The lowest BCUT2D eigenvalue weighted by atomic mass is 10.0. The van der Waals surface area contributed by atoms with Crippen LogP contribution >= 0.6 is 0 Å². The van der Waals surface area contributed by atoms with Crippen LogP contribution in [0.25, 0.3) is 0 Å². The number of hydrogen-bond acceptors (Lipinski definition) is 3. The Morgan fingerprint density at radius 2 is 2.07 bits per heavy atom. The van der Waals surface area contributed by atoms with Crippen LogP contribution in [0.15, 0.2) is 0 Å². The van der Waals surface area contributed by atoms with Gasteiger partial charge < -0.3 is 15.7 Å². The maximum Gasteiger partial charge on any atom is 0.308 e. The number of likely N-dealkylation sites (tertiary alicyclic amines) is 1. The molecule has 0 unspecified atom stereocenters. The average Bonchev–Trinajstić information content (AvgIpc) is 2.47. The first-order chi connectivity index (χ1) is 6.76. The third-order valence-electron chi connectivity index (χ3n) is 2.75. The molecule has 6 nitrogen and oxygen atoms in total. The Morgan fingerprint density at radius 1 is 1.53 bits per heavy atom. The molecule has 6 heteroatoms. The van der Waals surface area contributed by atoms with Crippen LogP contribution in [-0.4, -0.2) is 39.9 Å². The fourth-order valence-corrected chi connectivity index (χ4v) is 1.55. The van der Waals surface area contributed by atoms with Crippen LogP contribution in [0, 0.1) is 5.92 Å². The molecule has 0 aromatic carbocycles. The van der Waals surface area contributed by atoms with Crippen molar-refractivity contribution >= 4 is 17.8 Å². The lowest BCUT2D eigenvalue weighted by Gasteiger charge is -2.32. The van der Waals surface area contributed by atoms with Crippen molar-refractivity contribution in [2.24, 2.45) is 11.7 Å². The van der Waals surface area contributed by atoms with Crippen molar-refractivity contribution in [3.05, 3.63) is 0 Å². The van der Waals surface area contributed by atoms with Crippen molar-refractivity contribution in [3.63, 3.8) is 0 Å². The number of primary amides is 1. The van der Waals surface area contributed by atoms with Crippen LogP contribution in [-0.2, 0) is 14.4 Å². The van der Waals surface area contributed by atoms with Gasteiger partial charge in [0.1, 0.15) is 5.54 Å². The number of carbonyl (C=O) groups excluding carboxylic acids is 2. The number of carbonyl (C=O) groups is 3. The molecule has 84 valence electrons. The van der Waals surface area contributed by atoms with E-state index in [0.717, 1.165) is 0 Å². The number of aliphatic carboxylic acids is 1. The van der Waals surface area contributed by atoms with E-state index in [-0.39, 0.29) is 18.9 Å². The number of nitrogens with two attached hydrogens (primary N) is 1. The molecule has 1 saturated heterocycles. The van der Waals surface area contributed by atoms with Crippen LogP contribution in [0.5, 0.6) is 0 Å². The molecule has 15 heavy (non-hydrogen) atoms. The van der Waals surface area contributed by atoms with Crippen LogP contribution in [0.1, 0.15) is 20.3 Å². The van der Waals surface area contributed by atoms with Gasteiger partial charge in [0.15, 0.2) is 0 Å². The lowest BCUT2D eigenvalue weighted by molar-refractivity contribution is -0.142. The summed E-state index contributed by atoms with van der Waals surface area (Å²) in [6.07, 6.45) is -0.0634. The quantitative estimate of drug-likeness (QED) is 0.641.